The Labute approximate surface area is 201 Å². The van der Waals surface area contributed by atoms with Gasteiger partial charge >= 0.3 is 0 Å². The average molecular weight is 481 g/mol. The van der Waals surface area contributed by atoms with Gasteiger partial charge in [0.2, 0.25) is 0 Å². The quantitative estimate of drug-likeness (QED) is 0.560. The molecule has 5 rings (SSSR count). The highest BCUT2D eigenvalue weighted by molar-refractivity contribution is 7.17. The minimum Gasteiger partial charge on any atom is -0.450 e. The van der Waals surface area contributed by atoms with E-state index >= 15 is 0 Å². The number of anilines is 1. The lowest BCUT2D eigenvalue weighted by Gasteiger charge is -2.15. The number of amides is 2. The zero-order valence-corrected chi connectivity index (χ0v) is 20.2. The maximum atomic E-state index is 13.2. The van der Waals surface area contributed by atoms with E-state index in [1.54, 1.807) is 6.07 Å². The molecule has 2 amide bonds. The van der Waals surface area contributed by atoms with Crippen molar-refractivity contribution in [3.8, 4) is 0 Å². The van der Waals surface area contributed by atoms with Gasteiger partial charge in [-0.1, -0.05) is 6.07 Å². The number of aryl methyl sites for hydroxylation is 3. The van der Waals surface area contributed by atoms with Gasteiger partial charge in [0.25, 0.3) is 11.8 Å². The van der Waals surface area contributed by atoms with Gasteiger partial charge in [0, 0.05) is 24.1 Å². The number of ether oxygens (including phenoxy) is 1. The summed E-state index contributed by atoms with van der Waals surface area (Å²) in [7, 11) is 0. The molecule has 1 saturated heterocycles. The van der Waals surface area contributed by atoms with Crippen molar-refractivity contribution in [1.29, 1.82) is 0 Å². The first-order valence-electron chi connectivity index (χ1n) is 11.8. The van der Waals surface area contributed by atoms with Crippen LogP contribution in [0, 0.1) is 13.8 Å². The predicted octanol–water partition coefficient (Wildman–Crippen LogP) is 4.51. The molecule has 2 aromatic heterocycles. The minimum absolute atomic E-state index is 0.0371. The van der Waals surface area contributed by atoms with Gasteiger partial charge in [-0.2, -0.15) is 0 Å². The van der Waals surface area contributed by atoms with E-state index in [1.807, 2.05) is 19.9 Å². The van der Waals surface area contributed by atoms with E-state index in [9.17, 15) is 14.4 Å². The molecule has 1 aliphatic heterocycles. The third-order valence-corrected chi connectivity index (χ3v) is 7.99. The van der Waals surface area contributed by atoms with Gasteiger partial charge < -0.3 is 19.8 Å². The first-order valence-corrected chi connectivity index (χ1v) is 12.6. The number of carbonyl (C=O) groups is 2. The lowest BCUT2D eigenvalue weighted by Crippen LogP contribution is -2.32. The van der Waals surface area contributed by atoms with Crippen molar-refractivity contribution in [3.63, 3.8) is 0 Å². The van der Waals surface area contributed by atoms with Crippen LogP contribution >= 0.6 is 11.3 Å². The summed E-state index contributed by atoms with van der Waals surface area (Å²) in [4.78, 5) is 40.2. The summed E-state index contributed by atoms with van der Waals surface area (Å²) < 4.78 is 11.5. The number of rotatable bonds is 5. The second-order valence-corrected chi connectivity index (χ2v) is 10.2. The second-order valence-electron chi connectivity index (χ2n) is 9.07. The maximum Gasteiger partial charge on any atom is 0.292 e. The van der Waals surface area contributed by atoms with Crippen molar-refractivity contribution in [3.05, 3.63) is 61.3 Å². The highest BCUT2D eigenvalue weighted by Gasteiger charge is 2.28. The van der Waals surface area contributed by atoms with Crippen LogP contribution in [-0.2, 0) is 17.6 Å². The Balaban J connectivity index is 1.45. The molecule has 1 aliphatic carbocycles. The molecule has 7 nitrogen and oxygen atoms in total. The summed E-state index contributed by atoms with van der Waals surface area (Å²) in [5.41, 5.74) is 3.49. The Bertz CT molecular complexity index is 1330. The SMILES string of the molecule is Cc1ccc2c(=O)cc(C(=O)Nc3sc4c(c3C(=O)NC[C@@H]3CCCO3)CCCC4)oc2c1C. The van der Waals surface area contributed by atoms with Crippen LogP contribution in [0.15, 0.2) is 27.4 Å². The minimum atomic E-state index is -0.535. The average Bonchev–Trinajstić information content (AvgIpc) is 3.47. The predicted molar refractivity (Wildman–Crippen MR) is 132 cm³/mol. The van der Waals surface area contributed by atoms with Crippen molar-refractivity contribution in [2.75, 3.05) is 18.5 Å². The molecular formula is C26H28N2O5S. The van der Waals surface area contributed by atoms with Crippen LogP contribution in [0.5, 0.6) is 0 Å². The van der Waals surface area contributed by atoms with Gasteiger partial charge in [0.1, 0.15) is 10.6 Å². The van der Waals surface area contributed by atoms with E-state index < -0.39 is 5.91 Å². The van der Waals surface area contributed by atoms with Crippen LogP contribution < -0.4 is 16.1 Å². The Kier molecular flexibility index (Phi) is 6.27. The molecule has 34 heavy (non-hydrogen) atoms. The van der Waals surface area contributed by atoms with E-state index in [0.29, 0.717) is 28.1 Å². The van der Waals surface area contributed by atoms with Gasteiger partial charge in [-0.05, 0) is 75.1 Å². The van der Waals surface area contributed by atoms with Crippen molar-refractivity contribution < 1.29 is 18.7 Å². The number of fused-ring (bicyclic) bond motifs is 2. The lowest BCUT2D eigenvalue weighted by molar-refractivity contribution is 0.0858. The van der Waals surface area contributed by atoms with Crippen molar-refractivity contribution in [2.45, 2.75) is 58.5 Å². The zero-order chi connectivity index (χ0) is 23.8. The fourth-order valence-electron chi connectivity index (χ4n) is 4.72. The van der Waals surface area contributed by atoms with Crippen molar-refractivity contribution in [1.82, 2.24) is 5.32 Å². The molecule has 2 aliphatic rings. The molecule has 3 aromatic rings. The molecule has 0 spiro atoms. The summed E-state index contributed by atoms with van der Waals surface area (Å²) in [6.45, 7) is 4.98. The topological polar surface area (TPSA) is 97.6 Å². The van der Waals surface area contributed by atoms with E-state index in [-0.39, 0.29) is 23.2 Å². The molecule has 8 heteroatoms. The van der Waals surface area contributed by atoms with Crippen LogP contribution in [0.3, 0.4) is 0 Å². The molecule has 0 radical (unpaired) electrons. The van der Waals surface area contributed by atoms with Crippen LogP contribution in [0.1, 0.15) is 68.2 Å². The highest BCUT2D eigenvalue weighted by Crippen LogP contribution is 2.38. The number of nitrogens with one attached hydrogen (secondary N) is 2. The maximum absolute atomic E-state index is 13.2. The summed E-state index contributed by atoms with van der Waals surface area (Å²) in [6, 6.07) is 4.80. The zero-order valence-electron chi connectivity index (χ0n) is 19.4. The Morgan fingerprint density at radius 2 is 1.94 bits per heavy atom. The monoisotopic (exact) mass is 480 g/mol. The van der Waals surface area contributed by atoms with Gasteiger partial charge in [-0.3, -0.25) is 14.4 Å². The first-order chi connectivity index (χ1) is 16.4. The molecule has 1 aromatic carbocycles. The Hall–Kier alpha value is -2.97. The van der Waals surface area contributed by atoms with Crippen molar-refractivity contribution >= 4 is 39.1 Å². The normalized spacial score (nSPS) is 17.5. The van der Waals surface area contributed by atoms with Gasteiger partial charge in [0.05, 0.1) is 17.1 Å². The van der Waals surface area contributed by atoms with Crippen LogP contribution in [0.4, 0.5) is 5.00 Å². The molecule has 1 fully saturated rings. The standard InChI is InChI=1S/C26H28N2O5S/c1-14-9-10-17-19(29)12-20(33-23(17)15(14)2)24(30)28-26-22(18-7-3-4-8-21(18)34-26)25(31)27-13-16-6-5-11-32-16/h9-10,12,16H,3-8,11,13H2,1-2H3,(H,27,31)(H,28,30)/t16-/m0/s1. The molecule has 0 bridgehead atoms. The van der Waals surface area contributed by atoms with E-state index in [0.717, 1.165) is 66.7 Å². The summed E-state index contributed by atoms with van der Waals surface area (Å²) in [5.74, 6) is -0.799. The highest BCUT2D eigenvalue weighted by atomic mass is 32.1. The molecule has 0 saturated carbocycles. The molecular weight excluding hydrogens is 452 g/mol. The Morgan fingerprint density at radius 3 is 2.74 bits per heavy atom. The van der Waals surface area contributed by atoms with Crippen LogP contribution in [0.2, 0.25) is 0 Å². The number of hydrogen-bond acceptors (Lipinski definition) is 6. The largest absolute Gasteiger partial charge is 0.450 e. The number of hydrogen-bond donors (Lipinski definition) is 2. The lowest BCUT2D eigenvalue weighted by atomic mass is 9.95. The van der Waals surface area contributed by atoms with E-state index in [1.165, 1.54) is 17.4 Å². The summed E-state index contributed by atoms with van der Waals surface area (Å²) >= 11 is 1.44. The smallest absolute Gasteiger partial charge is 0.292 e. The Morgan fingerprint density at radius 1 is 1.12 bits per heavy atom. The number of benzene rings is 1. The van der Waals surface area contributed by atoms with Crippen LogP contribution in [-0.4, -0.2) is 31.1 Å². The molecule has 178 valence electrons. The first kappa shape index (κ1) is 22.8. The van der Waals surface area contributed by atoms with Gasteiger partial charge in [-0.25, -0.2) is 0 Å². The fourth-order valence-corrected chi connectivity index (χ4v) is 6.00. The van der Waals surface area contributed by atoms with Crippen LogP contribution in [0.25, 0.3) is 11.0 Å². The summed E-state index contributed by atoms with van der Waals surface area (Å²) in [6.07, 6.45) is 5.77. The third-order valence-electron chi connectivity index (χ3n) is 6.78. The molecule has 3 heterocycles. The van der Waals surface area contributed by atoms with Gasteiger partial charge in [-0.15, -0.1) is 11.3 Å². The summed E-state index contributed by atoms with van der Waals surface area (Å²) in [5, 5.41) is 6.82. The van der Waals surface area contributed by atoms with E-state index in [2.05, 4.69) is 10.6 Å². The molecule has 2 N–H and O–H groups in total. The third kappa shape index (κ3) is 4.28. The second kappa shape index (κ2) is 9.35. The van der Waals surface area contributed by atoms with Crippen molar-refractivity contribution in [2.24, 2.45) is 0 Å². The fraction of sp³-hybridized carbons (Fsp3) is 0.423. The van der Waals surface area contributed by atoms with Gasteiger partial charge in [0.15, 0.2) is 11.2 Å². The number of carbonyl (C=O) groups excluding carboxylic acids is 2. The van der Waals surface area contributed by atoms with E-state index in [4.69, 9.17) is 9.15 Å². The molecule has 0 unspecified atom stereocenters. The molecule has 1 atom stereocenters. The number of thiophene rings is 1.